The number of fused-ring (bicyclic) bond motifs is 1. The molecule has 0 radical (unpaired) electrons. The van der Waals surface area contributed by atoms with Gasteiger partial charge in [0, 0.05) is 17.4 Å². The number of aromatic nitrogens is 2. The van der Waals surface area contributed by atoms with Crippen molar-refractivity contribution in [1.29, 1.82) is 0 Å². The highest BCUT2D eigenvalue weighted by molar-refractivity contribution is 7.18. The van der Waals surface area contributed by atoms with E-state index in [2.05, 4.69) is 9.97 Å². The minimum absolute atomic E-state index is 0.238. The third-order valence-electron chi connectivity index (χ3n) is 2.93. The smallest absolute Gasteiger partial charge is 0.227 e. The fraction of sp³-hybridized carbons (Fsp3) is 0.500. The number of hydrogen-bond donors (Lipinski definition) is 0. The summed E-state index contributed by atoms with van der Waals surface area (Å²) in [6.07, 6.45) is 1.05. The van der Waals surface area contributed by atoms with E-state index in [-0.39, 0.29) is 5.28 Å². The minimum atomic E-state index is 0.238. The Kier molecular flexibility index (Phi) is 3.37. The van der Waals surface area contributed by atoms with Gasteiger partial charge in [-0.2, -0.15) is 4.98 Å². The van der Waals surface area contributed by atoms with Crippen molar-refractivity contribution < 1.29 is 9.47 Å². The highest BCUT2D eigenvalue weighted by Gasteiger charge is 2.18. The maximum Gasteiger partial charge on any atom is 0.227 e. The number of rotatable bonds is 3. The van der Waals surface area contributed by atoms with Crippen LogP contribution in [0.2, 0.25) is 5.28 Å². The molecule has 2 aromatic heterocycles. The molecule has 3 rings (SSSR count). The van der Waals surface area contributed by atoms with Crippen molar-refractivity contribution in [1.82, 2.24) is 9.97 Å². The van der Waals surface area contributed by atoms with E-state index in [0.717, 1.165) is 29.9 Å². The molecule has 0 amide bonds. The molecule has 1 atom stereocenters. The van der Waals surface area contributed by atoms with Crippen molar-refractivity contribution in [2.75, 3.05) is 19.8 Å². The minimum Gasteiger partial charge on any atom is -0.477 e. The second-order valence-corrected chi connectivity index (χ2v) is 5.99. The fourth-order valence-corrected chi connectivity index (χ4v) is 3.09. The normalized spacial score (nSPS) is 19.6. The molecule has 0 aliphatic carbocycles. The number of nitrogens with zero attached hydrogens (tertiary/aromatic N) is 2. The molecule has 1 aliphatic rings. The molecule has 1 aliphatic heterocycles. The second-order valence-electron chi connectivity index (χ2n) is 4.41. The van der Waals surface area contributed by atoms with Gasteiger partial charge in [-0.3, -0.25) is 0 Å². The van der Waals surface area contributed by atoms with Crippen LogP contribution < -0.4 is 4.74 Å². The Morgan fingerprint density at radius 3 is 3.22 bits per heavy atom. The molecule has 3 heterocycles. The Bertz CT molecular complexity index is 566. The van der Waals surface area contributed by atoms with Crippen molar-refractivity contribution in [3.8, 4) is 5.88 Å². The lowest BCUT2D eigenvalue weighted by Crippen LogP contribution is -2.12. The van der Waals surface area contributed by atoms with Crippen LogP contribution in [0, 0.1) is 12.8 Å². The van der Waals surface area contributed by atoms with E-state index in [1.165, 1.54) is 4.88 Å². The summed E-state index contributed by atoms with van der Waals surface area (Å²) in [4.78, 5) is 10.4. The molecule has 6 heteroatoms. The Morgan fingerprint density at radius 2 is 2.44 bits per heavy atom. The molecule has 1 saturated heterocycles. The average molecular weight is 285 g/mol. The van der Waals surface area contributed by atoms with Gasteiger partial charge in [0.1, 0.15) is 4.83 Å². The molecule has 1 fully saturated rings. The number of thiophene rings is 1. The summed E-state index contributed by atoms with van der Waals surface area (Å²) >= 11 is 7.51. The quantitative estimate of drug-likeness (QED) is 0.813. The predicted octanol–water partition coefficient (Wildman–Crippen LogP) is 3.07. The molecular weight excluding hydrogens is 272 g/mol. The summed E-state index contributed by atoms with van der Waals surface area (Å²) in [7, 11) is 0. The summed E-state index contributed by atoms with van der Waals surface area (Å²) in [5.41, 5.74) is 0. The predicted molar refractivity (Wildman–Crippen MR) is 71.6 cm³/mol. The van der Waals surface area contributed by atoms with Crippen LogP contribution in [0.5, 0.6) is 5.88 Å². The number of ether oxygens (including phenoxy) is 2. The number of aryl methyl sites for hydroxylation is 1. The highest BCUT2D eigenvalue weighted by Crippen LogP contribution is 2.31. The van der Waals surface area contributed by atoms with Crippen LogP contribution >= 0.6 is 22.9 Å². The SMILES string of the molecule is Cc1cc2c(OCC3CCOC3)nc(Cl)nc2s1. The number of halogens is 1. The van der Waals surface area contributed by atoms with Crippen LogP contribution in [-0.2, 0) is 4.74 Å². The van der Waals surface area contributed by atoms with Crippen molar-refractivity contribution in [2.24, 2.45) is 5.92 Å². The monoisotopic (exact) mass is 284 g/mol. The van der Waals surface area contributed by atoms with E-state index >= 15 is 0 Å². The first-order chi connectivity index (χ1) is 8.72. The van der Waals surface area contributed by atoms with Gasteiger partial charge in [0.05, 0.1) is 18.6 Å². The van der Waals surface area contributed by atoms with Crippen LogP contribution in [0.25, 0.3) is 10.2 Å². The Morgan fingerprint density at radius 1 is 1.56 bits per heavy atom. The van der Waals surface area contributed by atoms with Crippen LogP contribution in [0.15, 0.2) is 6.07 Å². The molecular formula is C12H13ClN2O2S. The Labute approximate surface area is 114 Å². The lowest BCUT2D eigenvalue weighted by Gasteiger charge is -2.10. The van der Waals surface area contributed by atoms with E-state index in [9.17, 15) is 0 Å². The third-order valence-corrected chi connectivity index (χ3v) is 4.05. The van der Waals surface area contributed by atoms with E-state index in [4.69, 9.17) is 21.1 Å². The lowest BCUT2D eigenvalue weighted by molar-refractivity contribution is 0.166. The van der Waals surface area contributed by atoms with E-state index in [1.807, 2.05) is 13.0 Å². The van der Waals surface area contributed by atoms with Crippen LogP contribution in [-0.4, -0.2) is 29.8 Å². The van der Waals surface area contributed by atoms with Gasteiger partial charge in [-0.1, -0.05) is 0 Å². The largest absolute Gasteiger partial charge is 0.477 e. The molecule has 2 aromatic rings. The zero-order valence-electron chi connectivity index (χ0n) is 9.98. The van der Waals surface area contributed by atoms with Crippen molar-refractivity contribution in [3.63, 3.8) is 0 Å². The van der Waals surface area contributed by atoms with Gasteiger partial charge in [-0.15, -0.1) is 11.3 Å². The first kappa shape index (κ1) is 12.1. The maximum atomic E-state index is 5.91. The first-order valence-corrected chi connectivity index (χ1v) is 7.06. The zero-order chi connectivity index (χ0) is 12.5. The van der Waals surface area contributed by atoms with Gasteiger partial charge in [-0.05, 0) is 31.0 Å². The lowest BCUT2D eigenvalue weighted by atomic mass is 10.1. The van der Waals surface area contributed by atoms with Gasteiger partial charge in [0.2, 0.25) is 11.2 Å². The highest BCUT2D eigenvalue weighted by atomic mass is 35.5. The van der Waals surface area contributed by atoms with Gasteiger partial charge in [-0.25, -0.2) is 4.98 Å². The first-order valence-electron chi connectivity index (χ1n) is 5.86. The molecule has 0 bridgehead atoms. The van der Waals surface area contributed by atoms with E-state index in [1.54, 1.807) is 11.3 Å². The summed E-state index contributed by atoms with van der Waals surface area (Å²) in [5.74, 6) is 1.04. The third kappa shape index (κ3) is 2.43. The fourth-order valence-electron chi connectivity index (χ4n) is 2.01. The Hall–Kier alpha value is -0.910. The summed E-state index contributed by atoms with van der Waals surface area (Å²) in [5, 5.41) is 1.18. The zero-order valence-corrected chi connectivity index (χ0v) is 11.6. The second kappa shape index (κ2) is 4.99. The van der Waals surface area contributed by atoms with E-state index < -0.39 is 0 Å². The Balaban J connectivity index is 1.85. The maximum absolute atomic E-state index is 5.91. The van der Waals surface area contributed by atoms with Crippen LogP contribution in [0.4, 0.5) is 0 Å². The van der Waals surface area contributed by atoms with Crippen molar-refractivity contribution >= 4 is 33.2 Å². The van der Waals surface area contributed by atoms with Crippen molar-refractivity contribution in [3.05, 3.63) is 16.2 Å². The summed E-state index contributed by atoms with van der Waals surface area (Å²) < 4.78 is 11.1. The molecule has 0 saturated carbocycles. The molecule has 0 N–H and O–H groups in total. The molecule has 96 valence electrons. The van der Waals surface area contributed by atoms with Gasteiger partial charge in [0.15, 0.2) is 0 Å². The van der Waals surface area contributed by atoms with Gasteiger partial charge >= 0.3 is 0 Å². The molecule has 18 heavy (non-hydrogen) atoms. The van der Waals surface area contributed by atoms with Crippen LogP contribution in [0.3, 0.4) is 0 Å². The summed E-state index contributed by atoms with van der Waals surface area (Å²) in [6, 6.07) is 2.04. The van der Waals surface area contributed by atoms with Crippen molar-refractivity contribution in [2.45, 2.75) is 13.3 Å². The molecule has 4 nitrogen and oxygen atoms in total. The average Bonchev–Trinajstić information content (AvgIpc) is 2.93. The van der Waals surface area contributed by atoms with E-state index in [0.29, 0.717) is 18.4 Å². The number of hydrogen-bond acceptors (Lipinski definition) is 5. The molecule has 1 unspecified atom stereocenters. The van der Waals surface area contributed by atoms with Crippen LogP contribution in [0.1, 0.15) is 11.3 Å². The van der Waals surface area contributed by atoms with Gasteiger partial charge < -0.3 is 9.47 Å². The molecule has 0 spiro atoms. The van der Waals surface area contributed by atoms with Gasteiger partial charge in [0.25, 0.3) is 0 Å². The summed E-state index contributed by atoms with van der Waals surface area (Å²) in [6.45, 7) is 4.25. The molecule has 0 aromatic carbocycles. The standard InChI is InChI=1S/C12H13ClN2O2S/c1-7-4-9-10(14-12(13)15-11(9)18-7)17-6-8-2-3-16-5-8/h4,8H,2-3,5-6H2,1H3. The topological polar surface area (TPSA) is 44.2 Å².